The lowest BCUT2D eigenvalue weighted by atomic mass is 9.92. The number of nitrogens with zero attached hydrogens (tertiary/aromatic N) is 4. The molecule has 4 heterocycles. The third kappa shape index (κ3) is 5.26. The lowest BCUT2D eigenvalue weighted by molar-refractivity contribution is -0.137. The number of rotatable bonds is 7. The predicted molar refractivity (Wildman–Crippen MR) is 114 cm³/mol. The fourth-order valence-electron chi connectivity index (χ4n) is 4.85. The maximum Gasteiger partial charge on any atom is 0.257 e. The van der Waals surface area contributed by atoms with Crippen molar-refractivity contribution in [1.29, 1.82) is 0 Å². The van der Waals surface area contributed by atoms with Crippen molar-refractivity contribution in [3.8, 4) is 0 Å². The maximum absolute atomic E-state index is 13.0. The smallest absolute Gasteiger partial charge is 0.257 e. The molecule has 9 heteroatoms. The highest BCUT2D eigenvalue weighted by Crippen LogP contribution is 2.29. The van der Waals surface area contributed by atoms with Crippen LogP contribution in [0.25, 0.3) is 0 Å². The largest absolute Gasteiger partial charge is 0.370 e. The highest BCUT2D eigenvalue weighted by atomic mass is 16.5. The Kier molecular flexibility index (Phi) is 7.21. The molecule has 3 aliphatic heterocycles. The van der Waals surface area contributed by atoms with Crippen LogP contribution in [0.4, 0.5) is 0 Å². The molecule has 1 aromatic heterocycles. The minimum atomic E-state index is -0.0409. The summed E-state index contributed by atoms with van der Waals surface area (Å²) in [7, 11) is 0. The Balaban J connectivity index is 1.28. The van der Waals surface area contributed by atoms with Crippen molar-refractivity contribution in [2.45, 2.75) is 50.9 Å². The van der Waals surface area contributed by atoms with Crippen LogP contribution in [-0.2, 0) is 14.3 Å². The van der Waals surface area contributed by atoms with Gasteiger partial charge >= 0.3 is 0 Å². The van der Waals surface area contributed by atoms with Crippen LogP contribution in [0, 0.1) is 0 Å². The van der Waals surface area contributed by atoms with Gasteiger partial charge < -0.3 is 19.4 Å². The monoisotopic (exact) mass is 431 g/mol. The molecular weight excluding hydrogens is 398 g/mol. The van der Waals surface area contributed by atoms with Gasteiger partial charge in [0.25, 0.3) is 5.91 Å². The molecule has 0 radical (unpaired) electrons. The summed E-state index contributed by atoms with van der Waals surface area (Å²) in [5.41, 5.74) is 1.49. The van der Waals surface area contributed by atoms with Gasteiger partial charge in [-0.25, -0.2) is 0 Å². The van der Waals surface area contributed by atoms with Crippen molar-refractivity contribution in [1.82, 2.24) is 24.9 Å². The Labute approximate surface area is 183 Å². The summed E-state index contributed by atoms with van der Waals surface area (Å²) >= 11 is 0. The summed E-state index contributed by atoms with van der Waals surface area (Å²) in [5, 5.41) is 7.19. The minimum absolute atomic E-state index is 0.0251. The van der Waals surface area contributed by atoms with Crippen LogP contribution in [0.3, 0.4) is 0 Å². The molecule has 1 aromatic rings. The number of ether oxygens (including phenoxy) is 1. The van der Waals surface area contributed by atoms with E-state index in [0.29, 0.717) is 38.2 Å². The number of likely N-dealkylation sites (tertiary alicyclic amines) is 3. The number of piperidine rings is 2. The van der Waals surface area contributed by atoms with Gasteiger partial charge in [-0.05, 0) is 38.5 Å². The third-order valence-corrected chi connectivity index (χ3v) is 6.63. The van der Waals surface area contributed by atoms with E-state index in [-0.39, 0.29) is 30.2 Å². The molecule has 170 valence electrons. The molecule has 9 nitrogen and oxygen atoms in total. The zero-order valence-electron chi connectivity index (χ0n) is 18.2. The number of hydrogen-bond acceptors (Lipinski definition) is 5. The van der Waals surface area contributed by atoms with Crippen LogP contribution < -0.4 is 0 Å². The number of carbonyl (C=O) groups excluding carboxylic acids is 3. The first kappa shape index (κ1) is 21.8. The van der Waals surface area contributed by atoms with Crippen molar-refractivity contribution in [3.05, 3.63) is 17.5 Å². The number of amides is 3. The number of nitrogens with one attached hydrogen (secondary N) is 1. The molecule has 0 aromatic carbocycles. The van der Waals surface area contributed by atoms with Gasteiger partial charge in [-0.3, -0.25) is 19.5 Å². The van der Waals surface area contributed by atoms with Crippen molar-refractivity contribution < 1.29 is 19.1 Å². The fourth-order valence-corrected chi connectivity index (χ4v) is 4.85. The first-order valence-electron chi connectivity index (χ1n) is 11.6. The van der Waals surface area contributed by atoms with Crippen LogP contribution in [0.1, 0.15) is 66.9 Å². The molecular formula is C22H33N5O4. The van der Waals surface area contributed by atoms with E-state index in [0.717, 1.165) is 57.4 Å². The molecule has 3 amide bonds. The first-order valence-corrected chi connectivity index (χ1v) is 11.6. The number of aromatic amines is 1. The Morgan fingerprint density at radius 2 is 1.87 bits per heavy atom. The van der Waals surface area contributed by atoms with Crippen LogP contribution in [-0.4, -0.2) is 95.1 Å². The van der Waals surface area contributed by atoms with Gasteiger partial charge in [-0.15, -0.1) is 0 Å². The van der Waals surface area contributed by atoms with E-state index in [9.17, 15) is 14.4 Å². The van der Waals surface area contributed by atoms with Gasteiger partial charge in [0.1, 0.15) is 6.61 Å². The molecule has 1 atom stereocenters. The summed E-state index contributed by atoms with van der Waals surface area (Å²) in [6.45, 7) is 4.61. The molecule has 0 aliphatic carbocycles. The van der Waals surface area contributed by atoms with Crippen molar-refractivity contribution in [2.75, 3.05) is 52.5 Å². The van der Waals surface area contributed by atoms with Gasteiger partial charge in [0.15, 0.2) is 0 Å². The zero-order valence-corrected chi connectivity index (χ0v) is 18.2. The summed E-state index contributed by atoms with van der Waals surface area (Å²) in [6.07, 6.45) is 8.24. The number of aromatic nitrogens is 2. The van der Waals surface area contributed by atoms with Gasteiger partial charge in [-0.1, -0.05) is 0 Å². The maximum atomic E-state index is 13.0. The van der Waals surface area contributed by atoms with E-state index in [1.807, 2.05) is 9.80 Å². The van der Waals surface area contributed by atoms with E-state index in [1.54, 1.807) is 11.1 Å². The molecule has 0 spiro atoms. The van der Waals surface area contributed by atoms with E-state index in [2.05, 4.69) is 10.2 Å². The number of carbonyl (C=O) groups is 3. The van der Waals surface area contributed by atoms with Crippen LogP contribution in [0.5, 0.6) is 0 Å². The number of H-pyrrole nitrogens is 1. The molecule has 0 saturated carbocycles. The van der Waals surface area contributed by atoms with Crippen molar-refractivity contribution >= 4 is 17.7 Å². The Bertz CT molecular complexity index is 789. The molecule has 1 N–H and O–H groups in total. The first-order chi connectivity index (χ1) is 15.1. The van der Waals surface area contributed by atoms with Crippen molar-refractivity contribution in [3.63, 3.8) is 0 Å². The zero-order chi connectivity index (χ0) is 21.6. The lowest BCUT2D eigenvalue weighted by Crippen LogP contribution is -2.42. The molecule has 31 heavy (non-hydrogen) atoms. The SMILES string of the molecule is O=C1CCCN1CCOCC(=O)N1CCC[C@H](c2[nH]ncc2C(=O)N2CCCCC2)C1. The molecule has 4 rings (SSSR count). The summed E-state index contributed by atoms with van der Waals surface area (Å²) < 4.78 is 5.56. The normalized spacial score (nSPS) is 22.3. The van der Waals surface area contributed by atoms with E-state index in [4.69, 9.17) is 4.74 Å². The van der Waals surface area contributed by atoms with Gasteiger partial charge in [-0.2, -0.15) is 5.10 Å². The molecule has 0 unspecified atom stereocenters. The minimum Gasteiger partial charge on any atom is -0.370 e. The standard InChI is InChI=1S/C22H33N5O4/c28-19-7-5-10-25(19)12-13-31-16-20(29)27-11-4-6-17(15-27)21-18(14-23-24-21)22(30)26-8-2-1-3-9-26/h14,17H,1-13,15-16H2,(H,23,24)/t17-/m0/s1. The topological polar surface area (TPSA) is 98.8 Å². The second-order valence-electron chi connectivity index (χ2n) is 8.77. The number of hydrogen-bond donors (Lipinski definition) is 1. The molecule has 0 bridgehead atoms. The Morgan fingerprint density at radius 1 is 1.06 bits per heavy atom. The Morgan fingerprint density at radius 3 is 2.65 bits per heavy atom. The molecule has 3 aliphatic rings. The third-order valence-electron chi connectivity index (χ3n) is 6.63. The van der Waals surface area contributed by atoms with Gasteiger partial charge in [0, 0.05) is 51.6 Å². The predicted octanol–water partition coefficient (Wildman–Crippen LogP) is 1.38. The average molecular weight is 432 g/mol. The summed E-state index contributed by atoms with van der Waals surface area (Å²) in [4.78, 5) is 42.8. The summed E-state index contributed by atoms with van der Waals surface area (Å²) in [6, 6.07) is 0. The van der Waals surface area contributed by atoms with Crippen LogP contribution >= 0.6 is 0 Å². The second-order valence-corrected chi connectivity index (χ2v) is 8.77. The van der Waals surface area contributed by atoms with Crippen molar-refractivity contribution in [2.24, 2.45) is 0 Å². The average Bonchev–Trinajstić information content (AvgIpc) is 3.46. The van der Waals surface area contributed by atoms with Gasteiger partial charge in [0.05, 0.1) is 24.1 Å². The van der Waals surface area contributed by atoms with Crippen LogP contribution in [0.15, 0.2) is 6.20 Å². The quantitative estimate of drug-likeness (QED) is 0.658. The highest BCUT2D eigenvalue weighted by Gasteiger charge is 2.30. The highest BCUT2D eigenvalue weighted by molar-refractivity contribution is 5.95. The Hall–Kier alpha value is -2.42. The van der Waals surface area contributed by atoms with Gasteiger partial charge in [0.2, 0.25) is 11.8 Å². The van der Waals surface area contributed by atoms with E-state index >= 15 is 0 Å². The molecule has 3 fully saturated rings. The van der Waals surface area contributed by atoms with E-state index < -0.39 is 0 Å². The van der Waals surface area contributed by atoms with E-state index in [1.165, 1.54) is 6.42 Å². The second kappa shape index (κ2) is 10.3. The lowest BCUT2D eigenvalue weighted by Gasteiger charge is -2.33. The fraction of sp³-hybridized carbons (Fsp3) is 0.727. The summed E-state index contributed by atoms with van der Waals surface area (Å²) in [5.74, 6) is 0.252. The van der Waals surface area contributed by atoms with Crippen LogP contribution in [0.2, 0.25) is 0 Å². The molecule has 3 saturated heterocycles.